The van der Waals surface area contributed by atoms with Crippen LogP contribution in [0.2, 0.25) is 0 Å². The van der Waals surface area contributed by atoms with Crippen molar-refractivity contribution in [3.63, 3.8) is 0 Å². The van der Waals surface area contributed by atoms with Crippen LogP contribution in [0.15, 0.2) is 4.90 Å². The summed E-state index contributed by atoms with van der Waals surface area (Å²) in [6.45, 7) is 0. The second-order valence-electron chi connectivity index (χ2n) is 5.64. The molecule has 0 radical (unpaired) electrons. The smallest absolute Gasteiger partial charge is 0.275 e. The molecule has 2 fully saturated rings. The second kappa shape index (κ2) is 4.56. The summed E-state index contributed by atoms with van der Waals surface area (Å²) in [4.78, 5) is 13.9. The number of nitrogens with two attached hydrogens (primary N) is 1. The molecule has 2 aliphatic carbocycles. The van der Waals surface area contributed by atoms with Crippen molar-refractivity contribution in [2.24, 2.45) is 5.14 Å². The number of primary sulfonamides is 1. The van der Waals surface area contributed by atoms with Crippen molar-refractivity contribution in [2.45, 2.75) is 49.0 Å². The summed E-state index contributed by atoms with van der Waals surface area (Å²) in [6, 6.07) is 0.178. The van der Waals surface area contributed by atoms with Gasteiger partial charge in [0.05, 0.1) is 5.69 Å². The van der Waals surface area contributed by atoms with E-state index < -0.39 is 10.0 Å². The number of amides is 1. The number of carbonyl (C=O) groups is 1. The molecule has 2 saturated carbocycles. The Balaban J connectivity index is 1.98. The monoisotopic (exact) mass is 298 g/mol. The van der Waals surface area contributed by atoms with Crippen LogP contribution in [0.3, 0.4) is 0 Å². The van der Waals surface area contributed by atoms with Crippen LogP contribution in [0.4, 0.5) is 0 Å². The normalized spacial score (nSPS) is 19.7. The van der Waals surface area contributed by atoms with Crippen molar-refractivity contribution in [3.8, 4) is 0 Å². The molecule has 0 saturated heterocycles. The number of aromatic nitrogens is 2. The van der Waals surface area contributed by atoms with Crippen molar-refractivity contribution >= 4 is 15.9 Å². The van der Waals surface area contributed by atoms with Gasteiger partial charge in [-0.25, -0.2) is 13.6 Å². The maximum Gasteiger partial charge on any atom is 0.275 e. The van der Waals surface area contributed by atoms with E-state index in [1.165, 1.54) is 0 Å². The van der Waals surface area contributed by atoms with Crippen LogP contribution in [0, 0.1) is 0 Å². The van der Waals surface area contributed by atoms with Crippen LogP contribution in [-0.2, 0) is 10.0 Å². The van der Waals surface area contributed by atoms with Gasteiger partial charge < -0.3 is 4.90 Å². The minimum Gasteiger partial charge on any atom is -0.337 e. The van der Waals surface area contributed by atoms with Crippen molar-refractivity contribution < 1.29 is 13.2 Å². The van der Waals surface area contributed by atoms with Gasteiger partial charge in [-0.05, 0) is 32.1 Å². The molecule has 1 aromatic heterocycles. The van der Waals surface area contributed by atoms with E-state index in [0.29, 0.717) is 5.69 Å². The van der Waals surface area contributed by atoms with Gasteiger partial charge in [0.15, 0.2) is 5.69 Å². The Bertz CT molecular complexity index is 644. The fourth-order valence-corrected chi connectivity index (χ4v) is 3.46. The van der Waals surface area contributed by atoms with E-state index >= 15 is 0 Å². The molecule has 1 heterocycles. The molecule has 8 heteroatoms. The molecule has 0 spiro atoms. The van der Waals surface area contributed by atoms with E-state index in [1.54, 1.807) is 11.9 Å². The standard InChI is InChI=1S/C12H18N4O3S/c1-16(8-3-2-4-8)12(17)10-11(20(13,18)19)9(14-15-10)7-5-6-7/h7-8H,2-6H2,1H3,(H,14,15)(H2,13,18,19). The molecule has 0 aliphatic heterocycles. The molecule has 3 rings (SSSR count). The minimum atomic E-state index is -3.96. The number of nitrogens with zero attached hydrogens (tertiary/aromatic N) is 2. The average Bonchev–Trinajstić information content (AvgIpc) is 3.03. The first-order valence-corrected chi connectivity index (χ1v) is 8.32. The molecule has 0 aromatic carbocycles. The van der Waals surface area contributed by atoms with E-state index in [4.69, 9.17) is 5.14 Å². The molecule has 2 aliphatic rings. The summed E-state index contributed by atoms with van der Waals surface area (Å²) >= 11 is 0. The van der Waals surface area contributed by atoms with E-state index in [2.05, 4.69) is 10.2 Å². The van der Waals surface area contributed by atoms with Gasteiger partial charge >= 0.3 is 0 Å². The van der Waals surface area contributed by atoms with Gasteiger partial charge in [-0.1, -0.05) is 0 Å². The van der Waals surface area contributed by atoms with Crippen LogP contribution in [0.25, 0.3) is 0 Å². The molecule has 1 amide bonds. The summed E-state index contributed by atoms with van der Waals surface area (Å²) < 4.78 is 23.6. The lowest BCUT2D eigenvalue weighted by atomic mass is 9.92. The molecule has 0 unspecified atom stereocenters. The number of aromatic amines is 1. The number of hydrogen-bond donors (Lipinski definition) is 2. The van der Waals surface area contributed by atoms with Crippen molar-refractivity contribution in [3.05, 3.63) is 11.4 Å². The second-order valence-corrected chi connectivity index (χ2v) is 7.13. The van der Waals surface area contributed by atoms with Crippen molar-refractivity contribution in [1.29, 1.82) is 0 Å². The highest BCUT2D eigenvalue weighted by Gasteiger charge is 2.37. The number of nitrogens with one attached hydrogen (secondary N) is 1. The van der Waals surface area contributed by atoms with Crippen LogP contribution in [-0.4, -0.2) is 42.5 Å². The molecule has 20 heavy (non-hydrogen) atoms. The van der Waals surface area contributed by atoms with Crippen molar-refractivity contribution in [2.75, 3.05) is 7.05 Å². The zero-order valence-corrected chi connectivity index (χ0v) is 12.1. The Kier molecular flexibility index (Phi) is 3.09. The van der Waals surface area contributed by atoms with Gasteiger partial charge in [-0.15, -0.1) is 0 Å². The summed E-state index contributed by atoms with van der Waals surface area (Å²) in [6.07, 6.45) is 4.80. The van der Waals surface area contributed by atoms with Gasteiger partial charge in [0.1, 0.15) is 4.90 Å². The van der Waals surface area contributed by atoms with Crippen LogP contribution >= 0.6 is 0 Å². The van der Waals surface area contributed by atoms with Crippen LogP contribution < -0.4 is 5.14 Å². The molecular weight excluding hydrogens is 280 g/mol. The van der Waals surface area contributed by atoms with Gasteiger partial charge in [-0.2, -0.15) is 5.10 Å². The predicted octanol–water partition coefficient (Wildman–Crippen LogP) is 0.559. The third kappa shape index (κ3) is 2.22. The quantitative estimate of drug-likeness (QED) is 0.846. The zero-order valence-electron chi connectivity index (χ0n) is 11.3. The van der Waals surface area contributed by atoms with E-state index in [9.17, 15) is 13.2 Å². The largest absolute Gasteiger partial charge is 0.337 e. The number of hydrogen-bond acceptors (Lipinski definition) is 4. The molecular formula is C12H18N4O3S. The highest BCUT2D eigenvalue weighted by molar-refractivity contribution is 7.89. The number of rotatable bonds is 4. The molecule has 7 nitrogen and oxygen atoms in total. The van der Waals surface area contributed by atoms with E-state index in [-0.39, 0.29) is 28.5 Å². The molecule has 110 valence electrons. The maximum atomic E-state index is 12.4. The Morgan fingerprint density at radius 3 is 2.45 bits per heavy atom. The molecule has 0 bridgehead atoms. The topological polar surface area (TPSA) is 109 Å². The highest BCUT2D eigenvalue weighted by Crippen LogP contribution is 2.42. The lowest BCUT2D eigenvalue weighted by Gasteiger charge is -2.34. The summed E-state index contributed by atoms with van der Waals surface area (Å²) in [5.74, 6) is -0.242. The van der Waals surface area contributed by atoms with E-state index in [1.807, 2.05) is 0 Å². The first-order chi connectivity index (χ1) is 9.39. The van der Waals surface area contributed by atoms with Crippen LogP contribution in [0.5, 0.6) is 0 Å². The SMILES string of the molecule is CN(C(=O)c1n[nH]c(C2CC2)c1S(N)(=O)=O)C1CCC1. The Labute approximate surface area is 117 Å². The number of sulfonamides is 1. The molecule has 0 atom stereocenters. The average molecular weight is 298 g/mol. The lowest BCUT2D eigenvalue weighted by Crippen LogP contribution is -2.42. The van der Waals surface area contributed by atoms with Gasteiger partial charge in [-0.3, -0.25) is 9.89 Å². The Morgan fingerprint density at radius 2 is 2.00 bits per heavy atom. The zero-order chi connectivity index (χ0) is 14.5. The summed E-state index contributed by atoms with van der Waals surface area (Å²) in [5.41, 5.74) is 0.418. The number of carbonyl (C=O) groups excluding carboxylic acids is 1. The maximum absolute atomic E-state index is 12.4. The minimum absolute atomic E-state index is 0.0659. The first kappa shape index (κ1) is 13.6. The van der Waals surface area contributed by atoms with E-state index in [0.717, 1.165) is 32.1 Å². The lowest BCUT2D eigenvalue weighted by molar-refractivity contribution is 0.0642. The fourth-order valence-electron chi connectivity index (χ4n) is 2.53. The fraction of sp³-hybridized carbons (Fsp3) is 0.667. The molecule has 3 N–H and O–H groups in total. The van der Waals surface area contributed by atoms with Gasteiger partial charge in [0.2, 0.25) is 10.0 Å². The third-order valence-electron chi connectivity index (χ3n) is 4.16. The third-order valence-corrected chi connectivity index (χ3v) is 5.15. The van der Waals surface area contributed by atoms with Gasteiger partial charge in [0.25, 0.3) is 5.91 Å². The van der Waals surface area contributed by atoms with Crippen LogP contribution in [0.1, 0.15) is 54.2 Å². The van der Waals surface area contributed by atoms with Crippen molar-refractivity contribution in [1.82, 2.24) is 15.1 Å². The molecule has 1 aromatic rings. The summed E-state index contributed by atoms with van der Waals surface area (Å²) in [5, 5.41) is 11.9. The highest BCUT2D eigenvalue weighted by atomic mass is 32.2. The first-order valence-electron chi connectivity index (χ1n) is 6.78. The predicted molar refractivity (Wildman–Crippen MR) is 71.7 cm³/mol. The number of H-pyrrole nitrogens is 1. The Morgan fingerprint density at radius 1 is 1.35 bits per heavy atom. The Hall–Kier alpha value is -1.41. The van der Waals surface area contributed by atoms with Gasteiger partial charge in [0, 0.05) is 19.0 Å². The summed E-state index contributed by atoms with van der Waals surface area (Å²) in [7, 11) is -2.27.